The average Bonchev–Trinajstić information content (AvgIpc) is 3.52. The van der Waals surface area contributed by atoms with Gasteiger partial charge < -0.3 is 14.8 Å². The van der Waals surface area contributed by atoms with E-state index in [0.29, 0.717) is 28.7 Å². The van der Waals surface area contributed by atoms with E-state index in [1.54, 1.807) is 6.07 Å². The summed E-state index contributed by atoms with van der Waals surface area (Å²) in [5.41, 5.74) is 3.48. The highest BCUT2D eigenvalue weighted by atomic mass is 32.1. The highest BCUT2D eigenvalue weighted by molar-refractivity contribution is 7.11. The van der Waals surface area contributed by atoms with E-state index in [0.717, 1.165) is 16.1 Å². The summed E-state index contributed by atoms with van der Waals surface area (Å²) in [5, 5.41) is 5.11. The molecule has 2 aliphatic rings. The lowest BCUT2D eigenvalue weighted by Crippen LogP contribution is -2.31. The Labute approximate surface area is 190 Å². The van der Waals surface area contributed by atoms with Gasteiger partial charge in [0, 0.05) is 10.6 Å². The maximum absolute atomic E-state index is 13.4. The summed E-state index contributed by atoms with van der Waals surface area (Å²) in [4.78, 5) is 28.8. The number of rotatable bonds is 6. The third-order valence-electron chi connectivity index (χ3n) is 5.56. The number of anilines is 1. The van der Waals surface area contributed by atoms with Crippen LogP contribution in [-0.2, 0) is 16.1 Å². The van der Waals surface area contributed by atoms with Crippen LogP contribution in [0.5, 0.6) is 11.5 Å². The van der Waals surface area contributed by atoms with Crippen LogP contribution >= 0.6 is 11.3 Å². The topological polar surface area (TPSA) is 67.9 Å². The van der Waals surface area contributed by atoms with Crippen molar-refractivity contribution in [3.8, 4) is 11.5 Å². The molecule has 0 bridgehead atoms. The third-order valence-corrected chi connectivity index (χ3v) is 6.45. The van der Waals surface area contributed by atoms with Crippen LogP contribution in [0.1, 0.15) is 35.8 Å². The van der Waals surface area contributed by atoms with Crippen LogP contribution in [0.2, 0.25) is 0 Å². The fourth-order valence-corrected chi connectivity index (χ4v) is 4.57. The second kappa shape index (κ2) is 8.16. The molecular weight excluding hydrogens is 424 g/mol. The van der Waals surface area contributed by atoms with Crippen LogP contribution in [0.25, 0.3) is 5.57 Å². The molecule has 0 spiro atoms. The standard InChI is InChI=1S/C25H22N2O4S/c1-15(2)17-6-8-18(9-7-17)26-23-22(21-4-3-11-32-21)24(28)27(25(23)29)13-16-5-10-19-20(12-16)31-14-30-19/h3-12,15,26H,13-14H2,1-2H3. The van der Waals surface area contributed by atoms with Crippen LogP contribution in [0.15, 0.2) is 65.7 Å². The smallest absolute Gasteiger partial charge is 0.278 e. The van der Waals surface area contributed by atoms with E-state index in [1.165, 1.54) is 21.8 Å². The second-order valence-electron chi connectivity index (χ2n) is 8.01. The molecule has 2 aromatic carbocycles. The molecule has 0 unspecified atom stereocenters. The number of carbonyl (C=O) groups excluding carboxylic acids is 2. The second-order valence-corrected chi connectivity index (χ2v) is 8.96. The van der Waals surface area contributed by atoms with Crippen molar-refractivity contribution < 1.29 is 19.1 Å². The Morgan fingerprint density at radius 3 is 2.50 bits per heavy atom. The minimum absolute atomic E-state index is 0.153. The number of amides is 2. The molecule has 162 valence electrons. The first-order valence-corrected chi connectivity index (χ1v) is 11.3. The monoisotopic (exact) mass is 446 g/mol. The van der Waals surface area contributed by atoms with Crippen molar-refractivity contribution in [2.75, 3.05) is 12.1 Å². The molecule has 1 N–H and O–H groups in total. The number of fused-ring (bicyclic) bond motifs is 1. The first kappa shape index (κ1) is 20.3. The van der Waals surface area contributed by atoms with Gasteiger partial charge in [-0.25, -0.2) is 0 Å². The predicted molar refractivity (Wildman–Crippen MR) is 124 cm³/mol. The van der Waals surface area contributed by atoms with Gasteiger partial charge in [0.1, 0.15) is 5.70 Å². The minimum atomic E-state index is -0.344. The van der Waals surface area contributed by atoms with Crippen molar-refractivity contribution >= 4 is 34.4 Å². The van der Waals surface area contributed by atoms with Gasteiger partial charge in [-0.15, -0.1) is 11.3 Å². The van der Waals surface area contributed by atoms with Gasteiger partial charge in [0.15, 0.2) is 11.5 Å². The van der Waals surface area contributed by atoms with Crippen LogP contribution in [0.3, 0.4) is 0 Å². The van der Waals surface area contributed by atoms with E-state index in [2.05, 4.69) is 19.2 Å². The van der Waals surface area contributed by atoms with Crippen molar-refractivity contribution in [2.24, 2.45) is 0 Å². The molecule has 3 heterocycles. The summed E-state index contributed by atoms with van der Waals surface area (Å²) in [6.07, 6.45) is 0. The molecule has 0 fully saturated rings. The molecule has 0 saturated carbocycles. The summed E-state index contributed by atoms with van der Waals surface area (Å²) in [7, 11) is 0. The zero-order valence-corrected chi connectivity index (χ0v) is 18.6. The highest BCUT2D eigenvalue weighted by Crippen LogP contribution is 2.36. The fraction of sp³-hybridized carbons (Fsp3) is 0.200. The molecule has 0 saturated heterocycles. The van der Waals surface area contributed by atoms with Gasteiger partial charge >= 0.3 is 0 Å². The summed E-state index contributed by atoms with van der Waals surface area (Å²) >= 11 is 1.44. The normalized spacial score (nSPS) is 15.3. The van der Waals surface area contributed by atoms with E-state index in [4.69, 9.17) is 9.47 Å². The molecule has 0 atom stereocenters. The largest absolute Gasteiger partial charge is 0.454 e. The number of ether oxygens (including phenoxy) is 2. The number of nitrogens with zero attached hydrogens (tertiary/aromatic N) is 1. The van der Waals surface area contributed by atoms with Gasteiger partial charge in [-0.2, -0.15) is 0 Å². The summed E-state index contributed by atoms with van der Waals surface area (Å²) in [6.45, 7) is 4.59. The van der Waals surface area contributed by atoms with Crippen molar-refractivity contribution in [1.82, 2.24) is 4.90 Å². The Kier molecular flexibility index (Phi) is 5.19. The molecule has 3 aromatic rings. The molecule has 0 radical (unpaired) electrons. The summed E-state index contributed by atoms with van der Waals surface area (Å²) < 4.78 is 10.8. The molecular formula is C25H22N2O4S. The molecule has 0 aliphatic carbocycles. The van der Waals surface area contributed by atoms with E-state index < -0.39 is 0 Å². The Morgan fingerprint density at radius 2 is 1.78 bits per heavy atom. The number of benzene rings is 2. The SMILES string of the molecule is CC(C)c1ccc(NC2=C(c3cccs3)C(=O)N(Cc3ccc4c(c3)OCO4)C2=O)cc1. The molecule has 2 amide bonds. The van der Waals surface area contributed by atoms with E-state index in [9.17, 15) is 9.59 Å². The van der Waals surface area contributed by atoms with E-state index >= 15 is 0 Å². The van der Waals surface area contributed by atoms with Gasteiger partial charge in [0.05, 0.1) is 12.1 Å². The molecule has 5 rings (SSSR count). The fourth-order valence-electron chi connectivity index (χ4n) is 3.80. The van der Waals surface area contributed by atoms with Crippen molar-refractivity contribution in [1.29, 1.82) is 0 Å². The number of imide groups is 1. The van der Waals surface area contributed by atoms with Gasteiger partial charge in [-0.1, -0.05) is 38.1 Å². The number of hydrogen-bond donors (Lipinski definition) is 1. The highest BCUT2D eigenvalue weighted by Gasteiger charge is 2.39. The molecule has 7 heteroatoms. The van der Waals surface area contributed by atoms with Crippen molar-refractivity contribution in [3.63, 3.8) is 0 Å². The lowest BCUT2D eigenvalue weighted by molar-refractivity contribution is -0.137. The first-order chi connectivity index (χ1) is 15.5. The number of nitrogens with one attached hydrogen (secondary N) is 1. The molecule has 2 aliphatic heterocycles. The lowest BCUT2D eigenvalue weighted by Gasteiger charge is -2.16. The average molecular weight is 447 g/mol. The summed E-state index contributed by atoms with van der Waals surface area (Å²) in [5.74, 6) is 1.05. The molecule has 6 nitrogen and oxygen atoms in total. The third kappa shape index (κ3) is 3.65. The van der Waals surface area contributed by atoms with Gasteiger partial charge in [0.2, 0.25) is 6.79 Å². The zero-order valence-electron chi connectivity index (χ0n) is 17.8. The Balaban J connectivity index is 1.45. The van der Waals surface area contributed by atoms with E-state index in [1.807, 2.05) is 53.9 Å². The van der Waals surface area contributed by atoms with Crippen LogP contribution in [0.4, 0.5) is 5.69 Å². The number of thiophene rings is 1. The summed E-state index contributed by atoms with van der Waals surface area (Å²) in [6, 6.07) is 17.1. The number of hydrogen-bond acceptors (Lipinski definition) is 6. The minimum Gasteiger partial charge on any atom is -0.454 e. The van der Waals surface area contributed by atoms with Crippen LogP contribution < -0.4 is 14.8 Å². The quantitative estimate of drug-likeness (QED) is 0.540. The molecule has 32 heavy (non-hydrogen) atoms. The maximum Gasteiger partial charge on any atom is 0.278 e. The predicted octanol–water partition coefficient (Wildman–Crippen LogP) is 4.99. The zero-order chi connectivity index (χ0) is 22.2. The van der Waals surface area contributed by atoms with Crippen molar-refractivity contribution in [2.45, 2.75) is 26.3 Å². The van der Waals surface area contributed by atoms with Crippen LogP contribution in [0, 0.1) is 0 Å². The first-order valence-electron chi connectivity index (χ1n) is 10.4. The van der Waals surface area contributed by atoms with Gasteiger partial charge in [-0.05, 0) is 52.8 Å². The Hall–Kier alpha value is -3.58. The molecule has 1 aromatic heterocycles. The number of carbonyl (C=O) groups is 2. The van der Waals surface area contributed by atoms with E-state index in [-0.39, 0.29) is 25.2 Å². The maximum atomic E-state index is 13.4. The van der Waals surface area contributed by atoms with Crippen LogP contribution in [-0.4, -0.2) is 23.5 Å². The van der Waals surface area contributed by atoms with Crippen molar-refractivity contribution in [3.05, 3.63) is 81.7 Å². The lowest BCUT2D eigenvalue weighted by atomic mass is 10.0. The van der Waals surface area contributed by atoms with Gasteiger partial charge in [0.25, 0.3) is 11.8 Å². The Morgan fingerprint density at radius 1 is 1.00 bits per heavy atom. The van der Waals surface area contributed by atoms with Gasteiger partial charge in [-0.3, -0.25) is 14.5 Å². The Bertz CT molecular complexity index is 1210.